The lowest BCUT2D eigenvalue weighted by atomic mass is 9.95. The Balaban J connectivity index is 2.26. The average Bonchev–Trinajstić information content (AvgIpc) is 2.29. The number of ether oxygens (including phenoxy) is 1. The van der Waals surface area contributed by atoms with Crippen LogP contribution in [0.3, 0.4) is 0 Å². The highest BCUT2D eigenvalue weighted by Gasteiger charge is 2.05. The zero-order valence-electron chi connectivity index (χ0n) is 10.1. The molecule has 17 heavy (non-hydrogen) atoms. The topological polar surface area (TPSA) is 39.2 Å². The molecule has 0 aliphatic carbocycles. The molecule has 0 bridgehead atoms. The standard InChI is InChI=1S/C13H14BNO2/c1-2-17-13(16)8-11-5-3-9-7-10(14)4-6-12(9)15-11/h3-7H,2,8,14H2,1H3. The summed E-state index contributed by atoms with van der Waals surface area (Å²) < 4.78 is 4.90. The highest BCUT2D eigenvalue weighted by Crippen LogP contribution is 2.11. The fourth-order valence-electron chi connectivity index (χ4n) is 1.75. The molecular formula is C13H14BNO2. The molecule has 1 heterocycles. The Kier molecular flexibility index (Phi) is 3.42. The number of fused-ring (bicyclic) bond motifs is 1. The first-order chi connectivity index (χ1) is 8.19. The second kappa shape index (κ2) is 5.00. The minimum Gasteiger partial charge on any atom is -0.466 e. The molecule has 0 saturated carbocycles. The van der Waals surface area contributed by atoms with E-state index >= 15 is 0 Å². The van der Waals surface area contributed by atoms with Crippen molar-refractivity contribution in [1.29, 1.82) is 0 Å². The monoisotopic (exact) mass is 227 g/mol. The number of benzene rings is 1. The number of pyridine rings is 1. The number of hydrogen-bond acceptors (Lipinski definition) is 3. The number of rotatable bonds is 3. The third kappa shape index (κ3) is 2.84. The maximum Gasteiger partial charge on any atom is 0.311 e. The lowest BCUT2D eigenvalue weighted by Crippen LogP contribution is -2.09. The van der Waals surface area contributed by atoms with Crippen molar-refractivity contribution in [3.63, 3.8) is 0 Å². The molecular weight excluding hydrogens is 213 g/mol. The molecule has 0 N–H and O–H groups in total. The van der Waals surface area contributed by atoms with Crippen molar-refractivity contribution < 1.29 is 9.53 Å². The molecule has 0 amide bonds. The van der Waals surface area contributed by atoms with Gasteiger partial charge in [-0.1, -0.05) is 23.7 Å². The van der Waals surface area contributed by atoms with Gasteiger partial charge in [0.1, 0.15) is 7.85 Å². The molecule has 0 aliphatic heterocycles. The fraction of sp³-hybridized carbons (Fsp3) is 0.231. The minimum absolute atomic E-state index is 0.230. The Morgan fingerprint density at radius 3 is 2.94 bits per heavy atom. The molecule has 0 spiro atoms. The predicted octanol–water partition coefficient (Wildman–Crippen LogP) is 0.599. The third-order valence-electron chi connectivity index (χ3n) is 2.53. The predicted molar refractivity (Wildman–Crippen MR) is 70.3 cm³/mol. The molecule has 2 rings (SSSR count). The van der Waals surface area contributed by atoms with Gasteiger partial charge in [0.05, 0.1) is 24.2 Å². The van der Waals surface area contributed by atoms with Gasteiger partial charge < -0.3 is 4.74 Å². The van der Waals surface area contributed by atoms with Gasteiger partial charge in [0.25, 0.3) is 0 Å². The van der Waals surface area contributed by atoms with E-state index in [1.165, 1.54) is 5.46 Å². The maximum atomic E-state index is 11.3. The lowest BCUT2D eigenvalue weighted by Gasteiger charge is -2.04. The van der Waals surface area contributed by atoms with E-state index in [0.717, 1.165) is 16.6 Å². The molecule has 1 aromatic carbocycles. The molecule has 86 valence electrons. The van der Waals surface area contributed by atoms with E-state index in [2.05, 4.69) is 11.1 Å². The van der Waals surface area contributed by atoms with E-state index in [1.54, 1.807) is 6.92 Å². The lowest BCUT2D eigenvalue weighted by molar-refractivity contribution is -0.142. The van der Waals surface area contributed by atoms with Crippen molar-refractivity contribution in [3.8, 4) is 0 Å². The van der Waals surface area contributed by atoms with Crippen LogP contribution in [0.2, 0.25) is 0 Å². The minimum atomic E-state index is -0.230. The molecule has 0 saturated heterocycles. The summed E-state index contributed by atoms with van der Waals surface area (Å²) >= 11 is 0. The van der Waals surface area contributed by atoms with Gasteiger partial charge in [-0.15, -0.1) is 0 Å². The number of carbonyl (C=O) groups is 1. The van der Waals surface area contributed by atoms with E-state index < -0.39 is 0 Å². The summed E-state index contributed by atoms with van der Waals surface area (Å²) in [6.07, 6.45) is 0.234. The van der Waals surface area contributed by atoms with Crippen molar-refractivity contribution >= 4 is 30.2 Å². The Morgan fingerprint density at radius 1 is 1.35 bits per heavy atom. The first-order valence-corrected chi connectivity index (χ1v) is 5.71. The normalized spacial score (nSPS) is 10.4. The van der Waals surface area contributed by atoms with Crippen molar-refractivity contribution in [2.75, 3.05) is 6.61 Å². The fourth-order valence-corrected chi connectivity index (χ4v) is 1.75. The zero-order chi connectivity index (χ0) is 12.3. The first kappa shape index (κ1) is 11.6. The van der Waals surface area contributed by atoms with Gasteiger partial charge in [0, 0.05) is 0 Å². The Morgan fingerprint density at radius 2 is 2.18 bits per heavy atom. The first-order valence-electron chi connectivity index (χ1n) is 5.71. The molecule has 3 nitrogen and oxygen atoms in total. The second-order valence-corrected chi connectivity index (χ2v) is 3.98. The number of hydrogen-bond donors (Lipinski definition) is 0. The average molecular weight is 227 g/mol. The quantitative estimate of drug-likeness (QED) is 0.569. The summed E-state index contributed by atoms with van der Waals surface area (Å²) in [6, 6.07) is 9.93. The molecule has 0 aliphatic rings. The van der Waals surface area contributed by atoms with Crippen LogP contribution in [0.5, 0.6) is 0 Å². The molecule has 0 radical (unpaired) electrons. The smallest absolute Gasteiger partial charge is 0.311 e. The van der Waals surface area contributed by atoms with Crippen LogP contribution in [0.1, 0.15) is 12.6 Å². The van der Waals surface area contributed by atoms with E-state index in [0.29, 0.717) is 6.61 Å². The second-order valence-electron chi connectivity index (χ2n) is 3.98. The summed E-state index contributed by atoms with van der Waals surface area (Å²) in [6.45, 7) is 2.21. The highest BCUT2D eigenvalue weighted by atomic mass is 16.5. The number of esters is 1. The van der Waals surface area contributed by atoms with Gasteiger partial charge in [-0.2, -0.15) is 0 Å². The van der Waals surface area contributed by atoms with Crippen LogP contribution in [0, 0.1) is 0 Å². The summed E-state index contributed by atoms with van der Waals surface area (Å²) in [7, 11) is 2.05. The van der Waals surface area contributed by atoms with E-state index in [4.69, 9.17) is 4.74 Å². The van der Waals surface area contributed by atoms with Crippen molar-refractivity contribution in [3.05, 3.63) is 36.0 Å². The van der Waals surface area contributed by atoms with Gasteiger partial charge in [-0.25, -0.2) is 0 Å². The van der Waals surface area contributed by atoms with Crippen LogP contribution in [0.15, 0.2) is 30.3 Å². The number of nitrogens with zero attached hydrogens (tertiary/aromatic N) is 1. The summed E-state index contributed by atoms with van der Waals surface area (Å²) in [5.41, 5.74) is 2.87. The van der Waals surface area contributed by atoms with Crippen LogP contribution < -0.4 is 5.46 Å². The summed E-state index contributed by atoms with van der Waals surface area (Å²) in [5.74, 6) is -0.230. The number of carbonyl (C=O) groups excluding carboxylic acids is 1. The zero-order valence-corrected chi connectivity index (χ0v) is 10.1. The Bertz CT molecular complexity index is 554. The molecule has 1 aromatic heterocycles. The maximum absolute atomic E-state index is 11.3. The van der Waals surface area contributed by atoms with E-state index in [-0.39, 0.29) is 12.4 Å². The van der Waals surface area contributed by atoms with Crippen molar-refractivity contribution in [1.82, 2.24) is 4.98 Å². The molecule has 2 aromatic rings. The van der Waals surface area contributed by atoms with Crippen molar-refractivity contribution in [2.45, 2.75) is 13.3 Å². The Hall–Kier alpha value is -1.84. The molecule has 0 fully saturated rings. The van der Waals surface area contributed by atoms with Crippen LogP contribution in [0.4, 0.5) is 0 Å². The number of aromatic nitrogens is 1. The highest BCUT2D eigenvalue weighted by molar-refractivity contribution is 6.33. The van der Waals surface area contributed by atoms with Crippen LogP contribution in [0.25, 0.3) is 10.9 Å². The largest absolute Gasteiger partial charge is 0.466 e. The van der Waals surface area contributed by atoms with Crippen LogP contribution in [-0.4, -0.2) is 25.4 Å². The molecule has 0 unspecified atom stereocenters. The van der Waals surface area contributed by atoms with Gasteiger partial charge in [-0.3, -0.25) is 9.78 Å². The van der Waals surface area contributed by atoms with Gasteiger partial charge >= 0.3 is 5.97 Å². The molecule has 0 atom stereocenters. The van der Waals surface area contributed by atoms with Gasteiger partial charge in [0.2, 0.25) is 0 Å². The van der Waals surface area contributed by atoms with Crippen LogP contribution in [-0.2, 0) is 16.0 Å². The summed E-state index contributed by atoms with van der Waals surface area (Å²) in [5, 5.41) is 1.10. The summed E-state index contributed by atoms with van der Waals surface area (Å²) in [4.78, 5) is 15.8. The molecule has 4 heteroatoms. The van der Waals surface area contributed by atoms with E-state index in [1.807, 2.05) is 32.1 Å². The third-order valence-corrected chi connectivity index (χ3v) is 2.53. The van der Waals surface area contributed by atoms with Crippen LogP contribution >= 0.6 is 0 Å². The van der Waals surface area contributed by atoms with E-state index in [9.17, 15) is 4.79 Å². The van der Waals surface area contributed by atoms with Crippen molar-refractivity contribution in [2.24, 2.45) is 0 Å². The van der Waals surface area contributed by atoms with Gasteiger partial charge in [0.15, 0.2) is 0 Å². The van der Waals surface area contributed by atoms with Gasteiger partial charge in [-0.05, 0) is 24.4 Å². The SMILES string of the molecule is Bc1ccc2nc(CC(=O)OCC)ccc2c1. The Labute approximate surface area is 101 Å².